The molecule has 0 radical (unpaired) electrons. The zero-order valence-corrected chi connectivity index (χ0v) is 30.2. The van der Waals surface area contributed by atoms with Crippen LogP contribution in [-0.2, 0) is 0 Å². The van der Waals surface area contributed by atoms with Crippen molar-refractivity contribution in [2.24, 2.45) is 0 Å². The minimum absolute atomic E-state index is 0.832. The highest BCUT2D eigenvalue weighted by Crippen LogP contribution is 2.42. The lowest BCUT2D eigenvalue weighted by atomic mass is 9.98. The number of hydrogen-bond donors (Lipinski definition) is 0. The van der Waals surface area contributed by atoms with E-state index in [1.54, 1.807) is 0 Å². The second kappa shape index (κ2) is 12.0. The molecule has 0 spiro atoms. The zero-order valence-electron chi connectivity index (χ0n) is 30.2. The number of benzene rings is 9. The van der Waals surface area contributed by atoms with E-state index in [1.807, 2.05) is 12.1 Å². The molecule has 0 fully saturated rings. The van der Waals surface area contributed by atoms with Crippen LogP contribution in [-0.4, -0.2) is 4.57 Å². The molecule has 0 aliphatic rings. The van der Waals surface area contributed by atoms with Crippen LogP contribution in [0.4, 0.5) is 17.1 Å². The molecule has 9 aromatic carbocycles. The molecule has 3 aromatic heterocycles. The van der Waals surface area contributed by atoms with Crippen LogP contribution < -0.4 is 4.90 Å². The third kappa shape index (κ3) is 4.66. The normalized spacial score (nSPS) is 11.9. The highest BCUT2D eigenvalue weighted by molar-refractivity contribution is 6.11. The summed E-state index contributed by atoms with van der Waals surface area (Å²) < 4.78 is 15.4. The van der Waals surface area contributed by atoms with Crippen molar-refractivity contribution in [3.63, 3.8) is 0 Å². The molecular weight excluding hydrogens is 685 g/mol. The van der Waals surface area contributed by atoms with Crippen LogP contribution in [0.5, 0.6) is 0 Å². The average Bonchev–Trinajstić information content (AvgIpc) is 3.92. The maximum Gasteiger partial charge on any atom is 0.137 e. The fourth-order valence-corrected chi connectivity index (χ4v) is 8.80. The van der Waals surface area contributed by atoms with E-state index in [0.717, 1.165) is 66.6 Å². The standard InChI is InChI=1S/C52H32N2O2/c1-2-12-39-33(10-1)11-9-16-40(39)34-20-22-35(23-21-34)53(37-24-27-44-43-15-5-8-19-49(43)55-51(44)31-37)38-25-28-45-46-30-36(26-29-50(46)56-52(45)32-38)54-47-17-6-3-13-41(47)42-14-4-7-18-48(42)54/h1-32H. The van der Waals surface area contributed by atoms with Crippen LogP contribution in [0, 0.1) is 0 Å². The lowest BCUT2D eigenvalue weighted by Crippen LogP contribution is -2.09. The van der Waals surface area contributed by atoms with Crippen LogP contribution in [0.25, 0.3) is 93.3 Å². The second-order valence-corrected chi connectivity index (χ2v) is 14.5. The largest absolute Gasteiger partial charge is 0.456 e. The molecule has 0 saturated heterocycles. The number of rotatable bonds is 5. The third-order valence-corrected chi connectivity index (χ3v) is 11.4. The number of para-hydroxylation sites is 3. The molecule has 0 atom stereocenters. The Labute approximate surface area is 321 Å². The highest BCUT2D eigenvalue weighted by Gasteiger charge is 2.19. The minimum Gasteiger partial charge on any atom is -0.456 e. The molecule has 4 heteroatoms. The first-order valence-corrected chi connectivity index (χ1v) is 19.0. The molecule has 12 rings (SSSR count). The van der Waals surface area contributed by atoms with E-state index in [0.29, 0.717) is 0 Å². The summed E-state index contributed by atoms with van der Waals surface area (Å²) in [5, 5.41) is 9.34. The van der Waals surface area contributed by atoms with Gasteiger partial charge in [-0.1, -0.05) is 109 Å². The monoisotopic (exact) mass is 716 g/mol. The molecule has 0 saturated carbocycles. The lowest BCUT2D eigenvalue weighted by Gasteiger charge is -2.25. The number of fused-ring (bicyclic) bond motifs is 10. The molecule has 0 unspecified atom stereocenters. The Bertz CT molecular complexity index is 3430. The zero-order chi connectivity index (χ0) is 36.7. The third-order valence-electron chi connectivity index (χ3n) is 11.4. The van der Waals surface area contributed by atoms with Crippen molar-refractivity contribution in [1.82, 2.24) is 4.57 Å². The summed E-state index contributed by atoms with van der Waals surface area (Å²) in [5.74, 6) is 0. The molecule has 4 nitrogen and oxygen atoms in total. The van der Waals surface area contributed by atoms with Gasteiger partial charge in [-0.25, -0.2) is 0 Å². The predicted molar refractivity (Wildman–Crippen MR) is 233 cm³/mol. The van der Waals surface area contributed by atoms with Gasteiger partial charge in [0.25, 0.3) is 0 Å². The van der Waals surface area contributed by atoms with Gasteiger partial charge in [-0.2, -0.15) is 0 Å². The molecule has 0 aliphatic carbocycles. The number of nitrogens with zero attached hydrogens (tertiary/aromatic N) is 2. The summed E-state index contributed by atoms with van der Waals surface area (Å²) in [6, 6.07) is 69.0. The molecule has 0 aliphatic heterocycles. The van der Waals surface area contributed by atoms with Gasteiger partial charge in [0.15, 0.2) is 0 Å². The predicted octanol–water partition coefficient (Wildman–Crippen LogP) is 14.9. The molecule has 0 bridgehead atoms. The first-order chi connectivity index (χ1) is 27.7. The Morgan fingerprint density at radius 3 is 1.59 bits per heavy atom. The van der Waals surface area contributed by atoms with Gasteiger partial charge in [0.05, 0.1) is 11.0 Å². The van der Waals surface area contributed by atoms with E-state index in [2.05, 4.69) is 191 Å². The van der Waals surface area contributed by atoms with Crippen LogP contribution >= 0.6 is 0 Å². The maximum atomic E-state index is 6.64. The molecule has 0 amide bonds. The molecule has 56 heavy (non-hydrogen) atoms. The fourth-order valence-electron chi connectivity index (χ4n) is 8.80. The van der Waals surface area contributed by atoms with Crippen LogP contribution in [0.15, 0.2) is 203 Å². The quantitative estimate of drug-likeness (QED) is 0.178. The van der Waals surface area contributed by atoms with Crippen molar-refractivity contribution in [1.29, 1.82) is 0 Å². The van der Waals surface area contributed by atoms with Crippen molar-refractivity contribution in [2.45, 2.75) is 0 Å². The lowest BCUT2D eigenvalue weighted by molar-refractivity contribution is 0.669. The van der Waals surface area contributed by atoms with Crippen molar-refractivity contribution >= 4 is 93.5 Å². The van der Waals surface area contributed by atoms with Gasteiger partial charge in [-0.15, -0.1) is 0 Å². The van der Waals surface area contributed by atoms with Gasteiger partial charge < -0.3 is 18.3 Å². The molecule has 0 N–H and O–H groups in total. The van der Waals surface area contributed by atoms with Gasteiger partial charge in [-0.3, -0.25) is 0 Å². The van der Waals surface area contributed by atoms with E-state index < -0.39 is 0 Å². The summed E-state index contributed by atoms with van der Waals surface area (Å²) >= 11 is 0. The number of hydrogen-bond acceptors (Lipinski definition) is 3. The topological polar surface area (TPSA) is 34.5 Å². The van der Waals surface area contributed by atoms with Crippen molar-refractivity contribution in [2.75, 3.05) is 4.90 Å². The first-order valence-electron chi connectivity index (χ1n) is 19.0. The van der Waals surface area contributed by atoms with E-state index >= 15 is 0 Å². The highest BCUT2D eigenvalue weighted by atomic mass is 16.3. The van der Waals surface area contributed by atoms with Gasteiger partial charge in [0.1, 0.15) is 22.3 Å². The maximum absolute atomic E-state index is 6.64. The van der Waals surface area contributed by atoms with Gasteiger partial charge in [0.2, 0.25) is 0 Å². The molecule has 262 valence electrons. The summed E-state index contributed by atoms with van der Waals surface area (Å²) in [4.78, 5) is 2.29. The van der Waals surface area contributed by atoms with E-state index in [9.17, 15) is 0 Å². The van der Waals surface area contributed by atoms with Crippen LogP contribution in [0.2, 0.25) is 0 Å². The SMILES string of the molecule is c1ccc2c(-c3ccc(N(c4ccc5c(c4)oc4ccccc45)c4ccc5c(c4)oc4ccc(-n6c7ccccc7c7ccccc76)cc45)cc3)cccc2c1. The van der Waals surface area contributed by atoms with Gasteiger partial charge in [0, 0.05) is 67.2 Å². The summed E-state index contributed by atoms with van der Waals surface area (Å²) in [7, 11) is 0. The number of anilines is 3. The Kier molecular flexibility index (Phi) is 6.60. The fraction of sp³-hybridized carbons (Fsp3) is 0. The molecular formula is C52H32N2O2. The molecule has 12 aromatic rings. The van der Waals surface area contributed by atoms with Crippen LogP contribution in [0.3, 0.4) is 0 Å². The van der Waals surface area contributed by atoms with Gasteiger partial charge in [-0.05, 0) is 94.7 Å². The van der Waals surface area contributed by atoms with E-state index in [1.165, 1.54) is 43.7 Å². The second-order valence-electron chi connectivity index (χ2n) is 14.5. The van der Waals surface area contributed by atoms with Crippen molar-refractivity contribution < 1.29 is 8.83 Å². The van der Waals surface area contributed by atoms with Crippen molar-refractivity contribution in [3.05, 3.63) is 194 Å². The smallest absolute Gasteiger partial charge is 0.137 e. The van der Waals surface area contributed by atoms with E-state index in [4.69, 9.17) is 8.83 Å². The number of aromatic nitrogens is 1. The molecule has 3 heterocycles. The Balaban J connectivity index is 1.01. The Morgan fingerprint density at radius 2 is 0.875 bits per heavy atom. The van der Waals surface area contributed by atoms with Gasteiger partial charge >= 0.3 is 0 Å². The number of furan rings is 2. The summed E-state index contributed by atoms with van der Waals surface area (Å²) in [6.45, 7) is 0. The van der Waals surface area contributed by atoms with Crippen LogP contribution in [0.1, 0.15) is 0 Å². The Morgan fingerprint density at radius 1 is 0.339 bits per heavy atom. The average molecular weight is 717 g/mol. The summed E-state index contributed by atoms with van der Waals surface area (Å²) in [6.07, 6.45) is 0. The first kappa shape index (κ1) is 30.9. The Hall–Kier alpha value is -7.56. The van der Waals surface area contributed by atoms with Crippen molar-refractivity contribution in [3.8, 4) is 16.8 Å². The van der Waals surface area contributed by atoms with E-state index in [-0.39, 0.29) is 0 Å². The minimum atomic E-state index is 0.832. The summed E-state index contributed by atoms with van der Waals surface area (Å²) in [5.41, 5.74) is 12.3.